The summed E-state index contributed by atoms with van der Waals surface area (Å²) >= 11 is 0. The first kappa shape index (κ1) is 25.1. The van der Waals surface area contributed by atoms with Crippen LogP contribution in [0.25, 0.3) is 0 Å². The molecule has 2 aromatic heterocycles. The van der Waals surface area contributed by atoms with Gasteiger partial charge in [-0.1, -0.05) is 31.2 Å². The molecule has 1 aliphatic carbocycles. The van der Waals surface area contributed by atoms with Gasteiger partial charge in [-0.15, -0.1) is 0 Å². The van der Waals surface area contributed by atoms with E-state index in [0.717, 1.165) is 57.1 Å². The third kappa shape index (κ3) is 5.09. The first-order chi connectivity index (χ1) is 18.3. The van der Waals surface area contributed by atoms with Gasteiger partial charge in [0, 0.05) is 57.4 Å². The Hall–Kier alpha value is -3.17. The molecule has 0 radical (unpaired) electrons. The summed E-state index contributed by atoms with van der Waals surface area (Å²) in [6.07, 6.45) is 4.81. The van der Waals surface area contributed by atoms with Gasteiger partial charge in [0.1, 0.15) is 5.69 Å². The maximum absolute atomic E-state index is 12.9. The third-order valence-electron chi connectivity index (χ3n) is 8.64. The summed E-state index contributed by atoms with van der Waals surface area (Å²) in [6, 6.07) is 13.7. The van der Waals surface area contributed by atoms with Crippen LogP contribution in [-0.4, -0.2) is 57.2 Å². The van der Waals surface area contributed by atoms with Crippen LogP contribution in [0.2, 0.25) is 0 Å². The number of benzene rings is 1. The smallest absolute Gasteiger partial charge is 0.290 e. The number of aromatic nitrogens is 4. The SMILES string of the molecule is CC(N[C@@H]1CCCN(c2cc(Nc3cc4n(n3)CCN(C)C4)c(=O)n(C)n2)C1)c1ccc(C2(C)CC2)cc1. The highest BCUT2D eigenvalue weighted by molar-refractivity contribution is 5.60. The van der Waals surface area contributed by atoms with Gasteiger partial charge in [-0.3, -0.25) is 14.4 Å². The minimum absolute atomic E-state index is 0.152. The van der Waals surface area contributed by atoms with Crippen molar-refractivity contribution in [3.05, 3.63) is 63.6 Å². The number of rotatable bonds is 7. The zero-order chi connectivity index (χ0) is 26.4. The number of hydrogen-bond donors (Lipinski definition) is 2. The number of piperidine rings is 1. The zero-order valence-corrected chi connectivity index (χ0v) is 23.1. The third-order valence-corrected chi connectivity index (χ3v) is 8.64. The van der Waals surface area contributed by atoms with Crippen molar-refractivity contribution >= 4 is 17.3 Å². The Balaban J connectivity index is 1.14. The van der Waals surface area contributed by atoms with Gasteiger partial charge in [-0.25, -0.2) is 4.68 Å². The Kier molecular flexibility index (Phi) is 6.52. The summed E-state index contributed by atoms with van der Waals surface area (Å²) in [4.78, 5) is 17.5. The van der Waals surface area contributed by atoms with Crippen LogP contribution < -0.4 is 21.1 Å². The molecule has 6 rings (SSSR count). The first-order valence-electron chi connectivity index (χ1n) is 14.0. The standard InChI is InChI=1S/C29H40N8O/c1-20(21-7-9-22(10-8-21)29(2)11-12-29)30-23-6-5-13-36(18-23)27-17-25(28(38)35(4)33-27)31-26-16-24-19-34(3)14-15-37(24)32-26/h7-10,16-17,20,23,30H,5-6,11-15,18-19H2,1-4H3,(H,31,32)/t20?,23-/m1/s1. The van der Waals surface area contributed by atoms with E-state index in [-0.39, 0.29) is 11.6 Å². The molecule has 4 heterocycles. The van der Waals surface area contributed by atoms with Crippen LogP contribution in [0.4, 0.5) is 17.3 Å². The second-order valence-electron chi connectivity index (χ2n) is 11.8. The van der Waals surface area contributed by atoms with Crippen LogP contribution in [0.5, 0.6) is 0 Å². The Bertz CT molecular complexity index is 1360. The van der Waals surface area contributed by atoms with Crippen LogP contribution in [0.15, 0.2) is 41.2 Å². The lowest BCUT2D eigenvalue weighted by atomic mass is 9.95. The average molecular weight is 517 g/mol. The van der Waals surface area contributed by atoms with E-state index in [4.69, 9.17) is 0 Å². The predicted molar refractivity (Wildman–Crippen MR) is 151 cm³/mol. The second-order valence-corrected chi connectivity index (χ2v) is 11.8. The minimum Gasteiger partial charge on any atom is -0.354 e. The number of nitrogens with zero attached hydrogens (tertiary/aromatic N) is 6. The fourth-order valence-electron chi connectivity index (χ4n) is 5.86. The van der Waals surface area contributed by atoms with Crippen molar-refractivity contribution in [1.82, 2.24) is 29.8 Å². The van der Waals surface area contributed by atoms with Crippen molar-refractivity contribution in [3.63, 3.8) is 0 Å². The van der Waals surface area contributed by atoms with Gasteiger partial charge in [0.05, 0.1) is 12.2 Å². The largest absolute Gasteiger partial charge is 0.354 e. The Morgan fingerprint density at radius 1 is 1.05 bits per heavy atom. The Morgan fingerprint density at radius 2 is 1.84 bits per heavy atom. The van der Waals surface area contributed by atoms with E-state index in [1.807, 2.05) is 16.8 Å². The molecule has 9 heteroatoms. The molecular formula is C29H40N8O. The van der Waals surface area contributed by atoms with Crippen molar-refractivity contribution in [2.24, 2.45) is 7.05 Å². The topological polar surface area (TPSA) is 83.3 Å². The van der Waals surface area contributed by atoms with Gasteiger partial charge >= 0.3 is 0 Å². The molecule has 1 saturated carbocycles. The maximum atomic E-state index is 12.9. The monoisotopic (exact) mass is 516 g/mol. The normalized spacial score (nSPS) is 21.7. The number of fused-ring (bicyclic) bond motifs is 1. The van der Waals surface area contributed by atoms with Gasteiger partial charge in [-0.2, -0.15) is 10.2 Å². The van der Waals surface area contributed by atoms with E-state index in [0.29, 0.717) is 23.0 Å². The fraction of sp³-hybridized carbons (Fsp3) is 0.552. The zero-order valence-electron chi connectivity index (χ0n) is 23.1. The lowest BCUT2D eigenvalue weighted by Gasteiger charge is -2.35. The quantitative estimate of drug-likeness (QED) is 0.497. The number of nitrogens with one attached hydrogen (secondary N) is 2. The summed E-state index contributed by atoms with van der Waals surface area (Å²) in [5.41, 5.74) is 4.71. The average Bonchev–Trinajstić information content (AvgIpc) is 3.54. The van der Waals surface area contributed by atoms with Gasteiger partial charge in [0.2, 0.25) is 0 Å². The molecule has 1 unspecified atom stereocenters. The molecule has 2 atom stereocenters. The number of likely N-dealkylation sites (N-methyl/N-ethyl adjacent to an activating group) is 1. The van der Waals surface area contributed by atoms with Crippen molar-refractivity contribution in [2.75, 3.05) is 36.9 Å². The highest BCUT2D eigenvalue weighted by Gasteiger charge is 2.38. The molecule has 1 aromatic carbocycles. The molecule has 9 nitrogen and oxygen atoms in total. The molecule has 0 spiro atoms. The molecule has 1 saturated heterocycles. The molecule has 202 valence electrons. The maximum Gasteiger partial charge on any atom is 0.290 e. The van der Waals surface area contributed by atoms with Crippen LogP contribution in [0.3, 0.4) is 0 Å². The number of anilines is 3. The Morgan fingerprint density at radius 3 is 2.61 bits per heavy atom. The minimum atomic E-state index is -0.152. The molecule has 2 N–H and O–H groups in total. The van der Waals surface area contributed by atoms with Crippen LogP contribution in [0, 0.1) is 0 Å². The summed E-state index contributed by atoms with van der Waals surface area (Å²) < 4.78 is 3.46. The number of hydrogen-bond acceptors (Lipinski definition) is 7. The summed E-state index contributed by atoms with van der Waals surface area (Å²) in [7, 11) is 3.83. The molecular weight excluding hydrogens is 476 g/mol. The van der Waals surface area contributed by atoms with Gasteiger partial charge in [0.25, 0.3) is 5.56 Å². The van der Waals surface area contributed by atoms with E-state index in [1.54, 1.807) is 7.05 Å². The van der Waals surface area contributed by atoms with E-state index in [2.05, 4.69) is 75.8 Å². The van der Waals surface area contributed by atoms with Gasteiger partial charge < -0.3 is 15.5 Å². The van der Waals surface area contributed by atoms with Crippen LogP contribution in [-0.2, 0) is 25.6 Å². The van der Waals surface area contributed by atoms with Crippen LogP contribution >= 0.6 is 0 Å². The van der Waals surface area contributed by atoms with Crippen molar-refractivity contribution in [2.45, 2.75) is 70.1 Å². The highest BCUT2D eigenvalue weighted by Crippen LogP contribution is 2.47. The van der Waals surface area contributed by atoms with E-state index < -0.39 is 0 Å². The van der Waals surface area contributed by atoms with Gasteiger partial charge in [-0.05, 0) is 56.2 Å². The summed E-state index contributed by atoms with van der Waals surface area (Å²) in [6.45, 7) is 9.09. The molecule has 2 fully saturated rings. The van der Waals surface area contributed by atoms with Crippen LogP contribution in [0.1, 0.15) is 62.4 Å². The van der Waals surface area contributed by atoms with E-state index in [1.165, 1.54) is 28.7 Å². The second kappa shape index (κ2) is 9.85. The molecule has 2 aliphatic heterocycles. The Labute approximate surface area is 224 Å². The molecule has 38 heavy (non-hydrogen) atoms. The highest BCUT2D eigenvalue weighted by atomic mass is 16.1. The summed E-state index contributed by atoms with van der Waals surface area (Å²) in [5.74, 6) is 1.53. The molecule has 3 aliphatic rings. The van der Waals surface area contributed by atoms with E-state index in [9.17, 15) is 4.79 Å². The van der Waals surface area contributed by atoms with Crippen molar-refractivity contribution in [1.29, 1.82) is 0 Å². The van der Waals surface area contributed by atoms with Gasteiger partial charge in [0.15, 0.2) is 11.6 Å². The molecule has 3 aromatic rings. The lowest BCUT2D eigenvalue weighted by Crippen LogP contribution is -2.47. The number of aryl methyl sites for hydroxylation is 1. The first-order valence-corrected chi connectivity index (χ1v) is 14.0. The van der Waals surface area contributed by atoms with E-state index >= 15 is 0 Å². The fourth-order valence-corrected chi connectivity index (χ4v) is 5.86. The molecule has 0 amide bonds. The van der Waals surface area contributed by atoms with Crippen molar-refractivity contribution < 1.29 is 0 Å². The van der Waals surface area contributed by atoms with Crippen molar-refractivity contribution in [3.8, 4) is 0 Å². The molecule has 0 bridgehead atoms. The lowest BCUT2D eigenvalue weighted by molar-refractivity contribution is 0.259. The predicted octanol–water partition coefficient (Wildman–Crippen LogP) is 3.54. The summed E-state index contributed by atoms with van der Waals surface area (Å²) in [5, 5.41) is 16.4.